The van der Waals surface area contributed by atoms with E-state index >= 15 is 0 Å². The van der Waals surface area contributed by atoms with Crippen LogP contribution >= 0.6 is 0 Å². The smallest absolute Gasteiger partial charge is 0.407 e. The molecule has 0 saturated carbocycles. The van der Waals surface area contributed by atoms with E-state index in [1.54, 1.807) is 20.8 Å². The largest absolute Gasteiger partial charge is 0.506 e. The fourth-order valence-corrected chi connectivity index (χ4v) is 1.44. The molecule has 7 heteroatoms. The van der Waals surface area contributed by atoms with Crippen LogP contribution in [0.5, 0.6) is 5.75 Å². The molecule has 1 aromatic rings. The second-order valence-electron chi connectivity index (χ2n) is 5.37. The van der Waals surface area contributed by atoms with Crippen LogP contribution in [0, 0.1) is 0 Å². The number of pyridine rings is 1. The van der Waals surface area contributed by atoms with Crippen LogP contribution in [0.2, 0.25) is 0 Å². The van der Waals surface area contributed by atoms with Gasteiger partial charge in [0.25, 0.3) is 0 Å². The quantitative estimate of drug-likeness (QED) is 0.647. The van der Waals surface area contributed by atoms with E-state index in [4.69, 9.17) is 4.74 Å². The van der Waals surface area contributed by atoms with Crippen molar-refractivity contribution in [3.05, 3.63) is 24.0 Å². The summed E-state index contributed by atoms with van der Waals surface area (Å²) in [6.07, 6.45) is -0.670. The summed E-state index contributed by atoms with van der Waals surface area (Å²) in [7, 11) is 0. The van der Waals surface area contributed by atoms with Crippen molar-refractivity contribution in [3.8, 4) is 5.75 Å². The zero-order valence-electron chi connectivity index (χ0n) is 11.7. The topological polar surface area (TPSA) is 112 Å². The molecule has 1 aromatic heterocycles. The molecular formula is C13H20N2O5. The van der Waals surface area contributed by atoms with Gasteiger partial charge < -0.3 is 25.4 Å². The highest BCUT2D eigenvalue weighted by molar-refractivity contribution is 5.67. The van der Waals surface area contributed by atoms with E-state index < -0.39 is 23.9 Å². The van der Waals surface area contributed by atoms with Crippen LogP contribution in [-0.4, -0.2) is 44.6 Å². The Balaban J connectivity index is 2.50. The minimum absolute atomic E-state index is 0.117. The predicted octanol–water partition coefficient (Wildman–Crippen LogP) is 0.706. The maximum Gasteiger partial charge on any atom is 0.407 e. The van der Waals surface area contributed by atoms with Crippen molar-refractivity contribution in [1.82, 2.24) is 10.3 Å². The Bertz CT molecular complexity index is 458. The normalized spacial score (nSPS) is 14.4. The van der Waals surface area contributed by atoms with E-state index in [1.165, 1.54) is 18.5 Å². The molecular weight excluding hydrogens is 264 g/mol. The summed E-state index contributed by atoms with van der Waals surface area (Å²) in [4.78, 5) is 15.1. The molecule has 0 aromatic carbocycles. The number of carbonyl (C=O) groups excluding carboxylic acids is 1. The van der Waals surface area contributed by atoms with Gasteiger partial charge in [0.2, 0.25) is 0 Å². The number of hydrogen-bond acceptors (Lipinski definition) is 6. The molecule has 1 amide bonds. The van der Waals surface area contributed by atoms with Gasteiger partial charge in [-0.25, -0.2) is 4.79 Å². The fraction of sp³-hybridized carbons (Fsp3) is 0.538. The number of aliphatic hydroxyl groups excluding tert-OH is 2. The average molecular weight is 284 g/mol. The molecule has 1 heterocycles. The molecule has 112 valence electrons. The summed E-state index contributed by atoms with van der Waals surface area (Å²) < 4.78 is 5.00. The molecule has 0 bridgehead atoms. The maximum absolute atomic E-state index is 11.4. The van der Waals surface area contributed by atoms with E-state index in [9.17, 15) is 20.1 Å². The predicted molar refractivity (Wildman–Crippen MR) is 71.1 cm³/mol. The van der Waals surface area contributed by atoms with Gasteiger partial charge in [0.15, 0.2) is 0 Å². The lowest BCUT2D eigenvalue weighted by molar-refractivity contribution is 0.0127. The van der Waals surface area contributed by atoms with E-state index in [2.05, 4.69) is 10.3 Å². The second kappa shape index (κ2) is 6.53. The van der Waals surface area contributed by atoms with Crippen LogP contribution in [-0.2, 0) is 4.74 Å². The number of hydrogen-bond donors (Lipinski definition) is 4. The Morgan fingerprint density at radius 3 is 2.60 bits per heavy atom. The first kappa shape index (κ1) is 16.2. The highest BCUT2D eigenvalue weighted by Crippen LogP contribution is 2.19. The Morgan fingerprint density at radius 1 is 1.40 bits per heavy atom. The fourth-order valence-electron chi connectivity index (χ4n) is 1.44. The number of aromatic nitrogens is 1. The van der Waals surface area contributed by atoms with Gasteiger partial charge in [-0.3, -0.25) is 4.98 Å². The second-order valence-corrected chi connectivity index (χ2v) is 5.37. The van der Waals surface area contributed by atoms with Crippen molar-refractivity contribution in [2.75, 3.05) is 6.54 Å². The van der Waals surface area contributed by atoms with Crippen molar-refractivity contribution in [1.29, 1.82) is 0 Å². The lowest BCUT2D eigenvalue weighted by Gasteiger charge is -2.22. The van der Waals surface area contributed by atoms with Crippen molar-refractivity contribution in [2.45, 2.75) is 38.6 Å². The first-order valence-corrected chi connectivity index (χ1v) is 6.16. The van der Waals surface area contributed by atoms with Gasteiger partial charge in [-0.05, 0) is 26.8 Å². The number of aromatic hydroxyl groups is 1. The Labute approximate surface area is 117 Å². The van der Waals surface area contributed by atoms with Crippen molar-refractivity contribution in [3.63, 3.8) is 0 Å². The van der Waals surface area contributed by atoms with Crippen LogP contribution in [0.1, 0.15) is 32.4 Å². The van der Waals surface area contributed by atoms with Crippen LogP contribution in [0.15, 0.2) is 18.5 Å². The molecule has 2 atom stereocenters. The lowest BCUT2D eigenvalue weighted by atomic mass is 10.1. The van der Waals surface area contributed by atoms with E-state index in [1.807, 2.05) is 0 Å². The molecule has 7 nitrogen and oxygen atoms in total. The Kier molecular flexibility index (Phi) is 5.29. The maximum atomic E-state index is 11.4. The van der Waals surface area contributed by atoms with Crippen molar-refractivity contribution >= 4 is 6.09 Å². The number of carbonyl (C=O) groups is 1. The zero-order chi connectivity index (χ0) is 15.3. The van der Waals surface area contributed by atoms with Crippen LogP contribution in [0.4, 0.5) is 4.79 Å². The molecule has 0 fully saturated rings. The molecule has 0 aliphatic heterocycles. The molecule has 0 radical (unpaired) electrons. The molecule has 0 aliphatic rings. The summed E-state index contributed by atoms with van der Waals surface area (Å²) in [5.74, 6) is -0.117. The van der Waals surface area contributed by atoms with Gasteiger partial charge in [-0.1, -0.05) is 0 Å². The lowest BCUT2D eigenvalue weighted by Crippen LogP contribution is -2.38. The minimum atomic E-state index is -1.27. The number of ether oxygens (including phenoxy) is 1. The first-order chi connectivity index (χ1) is 9.19. The SMILES string of the molecule is CC(C)(C)OC(=O)NCC(O)C(O)c1cncc(O)c1. The highest BCUT2D eigenvalue weighted by Gasteiger charge is 2.21. The number of alkyl carbamates (subject to hydrolysis) is 1. The molecule has 0 aliphatic carbocycles. The first-order valence-electron chi connectivity index (χ1n) is 6.16. The highest BCUT2D eigenvalue weighted by atomic mass is 16.6. The summed E-state index contributed by atoms with van der Waals surface area (Å²) >= 11 is 0. The van der Waals surface area contributed by atoms with Gasteiger partial charge in [-0.2, -0.15) is 0 Å². The molecule has 2 unspecified atom stereocenters. The summed E-state index contributed by atoms with van der Waals surface area (Å²) in [6.45, 7) is 4.97. The van der Waals surface area contributed by atoms with E-state index in [0.29, 0.717) is 0 Å². The summed E-state index contributed by atoms with van der Waals surface area (Å²) in [5.41, 5.74) is -0.383. The number of aliphatic hydroxyl groups is 2. The van der Waals surface area contributed by atoms with Gasteiger partial charge in [0.1, 0.15) is 23.6 Å². The number of amides is 1. The average Bonchev–Trinajstić information content (AvgIpc) is 2.33. The monoisotopic (exact) mass is 284 g/mol. The Morgan fingerprint density at radius 2 is 2.05 bits per heavy atom. The zero-order valence-corrected chi connectivity index (χ0v) is 11.7. The third kappa shape index (κ3) is 5.41. The third-order valence-corrected chi connectivity index (χ3v) is 2.31. The van der Waals surface area contributed by atoms with Crippen LogP contribution in [0.25, 0.3) is 0 Å². The van der Waals surface area contributed by atoms with E-state index in [-0.39, 0.29) is 17.9 Å². The van der Waals surface area contributed by atoms with Gasteiger partial charge in [0, 0.05) is 18.3 Å². The van der Waals surface area contributed by atoms with Crippen LogP contribution in [0.3, 0.4) is 0 Å². The standard InChI is InChI=1S/C13H20N2O5/c1-13(2,3)20-12(19)15-7-10(17)11(18)8-4-9(16)6-14-5-8/h4-6,10-11,16-18H,7H2,1-3H3,(H,15,19). The molecule has 0 saturated heterocycles. The molecule has 20 heavy (non-hydrogen) atoms. The van der Waals surface area contributed by atoms with E-state index in [0.717, 1.165) is 0 Å². The van der Waals surface area contributed by atoms with Gasteiger partial charge in [-0.15, -0.1) is 0 Å². The summed E-state index contributed by atoms with van der Waals surface area (Å²) in [6, 6.07) is 1.29. The molecule has 0 spiro atoms. The molecule has 1 rings (SSSR count). The minimum Gasteiger partial charge on any atom is -0.506 e. The third-order valence-electron chi connectivity index (χ3n) is 2.31. The van der Waals surface area contributed by atoms with Crippen molar-refractivity contribution < 1.29 is 24.9 Å². The van der Waals surface area contributed by atoms with Crippen LogP contribution < -0.4 is 5.32 Å². The van der Waals surface area contributed by atoms with Gasteiger partial charge >= 0.3 is 6.09 Å². The number of rotatable bonds is 4. The van der Waals surface area contributed by atoms with Gasteiger partial charge in [0.05, 0.1) is 6.20 Å². The van der Waals surface area contributed by atoms with Crippen molar-refractivity contribution in [2.24, 2.45) is 0 Å². The Hall–Kier alpha value is -1.86. The number of nitrogens with zero attached hydrogens (tertiary/aromatic N) is 1. The number of nitrogens with one attached hydrogen (secondary N) is 1. The molecule has 4 N–H and O–H groups in total. The summed E-state index contributed by atoms with van der Waals surface area (Å²) in [5, 5.41) is 31.2.